The number of carbonyl (C=O) groups is 3. The number of thioether (sulfide) groups is 1. The van der Waals surface area contributed by atoms with E-state index in [1.165, 1.54) is 82.4 Å². The Hall–Kier alpha value is -2.77. The lowest BCUT2D eigenvalue weighted by atomic mass is 10.1. The lowest BCUT2D eigenvalue weighted by molar-refractivity contribution is -0.161. The van der Waals surface area contributed by atoms with Crippen LogP contribution in [-0.4, -0.2) is 80.4 Å². The highest BCUT2D eigenvalue weighted by Crippen LogP contribution is 2.36. The van der Waals surface area contributed by atoms with Gasteiger partial charge in [-0.3, -0.25) is 18.9 Å². The first-order valence-electron chi connectivity index (χ1n) is 23.2. The third kappa shape index (κ3) is 41.3. The van der Waals surface area contributed by atoms with Crippen molar-refractivity contribution in [3.05, 3.63) is 72.9 Å². The molecule has 14 heteroatoms. The summed E-state index contributed by atoms with van der Waals surface area (Å²) < 4.78 is 26.6. The number of aliphatic hydroxyl groups excluding tert-OH is 1. The molecule has 0 fully saturated rings. The number of unbranched alkanes of at least 4 members (excludes halogenated alkanes) is 15. The monoisotopic (exact) mass is 912 g/mol. The number of carboxylic acid groups (broad SMARTS) is 1. The second-order valence-corrected chi connectivity index (χ2v) is 18.0. The van der Waals surface area contributed by atoms with Crippen LogP contribution in [0.2, 0.25) is 0 Å². The summed E-state index contributed by atoms with van der Waals surface area (Å²) in [6.07, 6.45) is 45.1. The number of esters is 2. The number of ether oxygens (including phenoxy) is 2. The van der Waals surface area contributed by atoms with E-state index in [-0.39, 0.29) is 31.4 Å². The lowest BCUT2D eigenvalue weighted by Crippen LogP contribution is -2.38. The number of rotatable bonds is 42. The predicted molar refractivity (Wildman–Crippen MR) is 254 cm³/mol. The second kappa shape index (κ2) is 42.2. The maximum atomic E-state index is 12.8. The molecule has 0 aromatic rings. The maximum Gasteiger partial charge on any atom is 0.469 e. The Labute approximate surface area is 378 Å². The number of allylic oxidation sites excluding steroid dienone is 11. The van der Waals surface area contributed by atoms with Crippen LogP contribution < -0.4 is 5.73 Å². The molecule has 6 N–H and O–H groups in total. The Morgan fingerprint density at radius 2 is 1.19 bits per heavy atom. The summed E-state index contributed by atoms with van der Waals surface area (Å²) in [5.74, 6) is -2.35. The van der Waals surface area contributed by atoms with Crippen LogP contribution >= 0.6 is 19.6 Å². The number of nitrogens with two attached hydrogens (primary N) is 1. The molecule has 0 aliphatic rings. The molecule has 0 rings (SSSR count). The highest BCUT2D eigenvalue weighted by atomic mass is 32.2. The fraction of sp³-hybridized carbons (Fsp3) is 0.688. The third-order valence-electron chi connectivity index (χ3n) is 9.69. The van der Waals surface area contributed by atoms with Gasteiger partial charge in [-0.1, -0.05) is 157 Å². The number of hydrogen-bond acceptors (Lipinski definition) is 10. The van der Waals surface area contributed by atoms with Gasteiger partial charge in [0, 0.05) is 23.8 Å². The molecule has 0 saturated heterocycles. The smallest absolute Gasteiger partial charge is 0.469 e. The van der Waals surface area contributed by atoms with Gasteiger partial charge in [-0.05, 0) is 70.6 Å². The Bertz CT molecular complexity index is 1360. The average molecular weight is 912 g/mol. The van der Waals surface area contributed by atoms with Gasteiger partial charge < -0.3 is 35.2 Å². The molecule has 0 aliphatic carbocycles. The van der Waals surface area contributed by atoms with Crippen molar-refractivity contribution in [3.8, 4) is 0 Å². The average Bonchev–Trinajstić information content (AvgIpc) is 3.23. The van der Waals surface area contributed by atoms with Gasteiger partial charge >= 0.3 is 25.7 Å². The summed E-state index contributed by atoms with van der Waals surface area (Å²) in [5, 5.41) is 19.3. The molecule has 0 saturated carbocycles. The number of carbonyl (C=O) groups excluding carboxylic acids is 2. The minimum atomic E-state index is -4.90. The van der Waals surface area contributed by atoms with Crippen molar-refractivity contribution in [1.82, 2.24) is 0 Å². The molecule has 0 aromatic carbocycles. The van der Waals surface area contributed by atoms with Crippen molar-refractivity contribution < 1.29 is 52.9 Å². The summed E-state index contributed by atoms with van der Waals surface area (Å²) in [7, 11) is -4.90. The van der Waals surface area contributed by atoms with Gasteiger partial charge in [-0.15, -0.1) is 11.8 Å². The molecule has 4 atom stereocenters. The number of phosphoric acid groups is 1. The normalized spacial score (nSPS) is 14.5. The molecule has 0 aliphatic heterocycles. The van der Waals surface area contributed by atoms with Crippen molar-refractivity contribution in [2.24, 2.45) is 5.73 Å². The molecule has 12 nitrogen and oxygen atoms in total. The second-order valence-electron chi connectivity index (χ2n) is 15.6. The fourth-order valence-electron chi connectivity index (χ4n) is 6.08. The molecule has 62 heavy (non-hydrogen) atoms. The zero-order valence-corrected chi connectivity index (χ0v) is 39.6. The van der Waals surface area contributed by atoms with Gasteiger partial charge in [0.1, 0.15) is 12.6 Å². The summed E-state index contributed by atoms with van der Waals surface area (Å²) in [6.45, 7) is 3.19. The first-order chi connectivity index (χ1) is 29.9. The Balaban J connectivity index is 4.73. The van der Waals surface area contributed by atoms with Crippen LogP contribution in [0.1, 0.15) is 168 Å². The maximum absolute atomic E-state index is 12.8. The number of phosphoric ester groups is 1. The molecule has 0 aromatic heterocycles. The topological polar surface area (TPSA) is 203 Å². The Morgan fingerprint density at radius 3 is 1.76 bits per heavy atom. The predicted octanol–water partition coefficient (Wildman–Crippen LogP) is 11.2. The molecule has 0 radical (unpaired) electrons. The van der Waals surface area contributed by atoms with Gasteiger partial charge in [0.05, 0.1) is 12.7 Å². The molecule has 0 amide bonds. The van der Waals surface area contributed by atoms with E-state index < -0.39 is 62.4 Å². The van der Waals surface area contributed by atoms with Crippen LogP contribution in [0.15, 0.2) is 72.9 Å². The van der Waals surface area contributed by atoms with Crippen LogP contribution in [-0.2, 0) is 32.9 Å². The molecule has 0 unspecified atom stereocenters. The number of aliphatic carboxylic acids is 1. The molecular formula is C48H82NO11PS. The molecular weight excluding hydrogens is 830 g/mol. The van der Waals surface area contributed by atoms with Gasteiger partial charge in [-0.25, -0.2) is 4.57 Å². The van der Waals surface area contributed by atoms with E-state index in [1.54, 1.807) is 12.2 Å². The number of carboxylic acids is 1. The van der Waals surface area contributed by atoms with E-state index in [0.717, 1.165) is 51.4 Å². The third-order valence-corrected chi connectivity index (χ3v) is 11.6. The molecule has 356 valence electrons. The van der Waals surface area contributed by atoms with E-state index in [9.17, 15) is 33.8 Å². The highest BCUT2D eigenvalue weighted by Gasteiger charge is 2.26. The van der Waals surface area contributed by atoms with Crippen LogP contribution in [0.4, 0.5) is 0 Å². The minimum absolute atomic E-state index is 0.0383. The van der Waals surface area contributed by atoms with Crippen molar-refractivity contribution in [2.75, 3.05) is 19.0 Å². The van der Waals surface area contributed by atoms with E-state index >= 15 is 0 Å². The first-order valence-corrected chi connectivity index (χ1v) is 25.8. The van der Waals surface area contributed by atoms with E-state index in [2.05, 4.69) is 54.8 Å². The molecule has 0 heterocycles. The zero-order valence-electron chi connectivity index (χ0n) is 37.9. The van der Waals surface area contributed by atoms with Crippen molar-refractivity contribution in [1.29, 1.82) is 0 Å². The number of hydrogen-bond donors (Lipinski definition) is 5. The van der Waals surface area contributed by atoms with E-state index in [1.807, 2.05) is 24.3 Å². The summed E-state index contributed by atoms with van der Waals surface area (Å²) in [4.78, 5) is 54.8. The molecule has 0 bridgehead atoms. The quantitative estimate of drug-likeness (QED) is 0.0127. The lowest BCUT2D eigenvalue weighted by Gasteiger charge is -2.22. The van der Waals surface area contributed by atoms with E-state index in [4.69, 9.17) is 20.3 Å². The summed E-state index contributed by atoms with van der Waals surface area (Å²) in [6, 6.07) is -1.14. The standard InChI is InChI=1S/C48H82NO11PS/c1-3-5-7-9-11-13-15-17-18-19-20-21-22-23-25-27-29-31-33-38-47(53)60-42(40-59-61(55,56)57)39-58-48(54)43(49)41-62-45(44(50)35-34-37-46(51)52)36-32-30-28-26-24-16-14-12-10-8-6-4-2/h11-14,17-18,24,26,28,30,32,36,42-45,50H,3-10,15-16,19-23,25,27,29,31,33-35,37-41,49H2,1-2H3,(H,51,52)(H2,55,56,57)/b13-11-,14-12-,18-17-,26-24-,30-28+,36-32+/t42-,43+,44+,45-/m1/s1. The van der Waals surface area contributed by atoms with Crippen molar-refractivity contribution >= 4 is 37.5 Å². The van der Waals surface area contributed by atoms with Crippen LogP contribution in [0.5, 0.6) is 0 Å². The van der Waals surface area contributed by atoms with Crippen LogP contribution in [0.3, 0.4) is 0 Å². The van der Waals surface area contributed by atoms with Crippen LogP contribution in [0, 0.1) is 0 Å². The fourth-order valence-corrected chi connectivity index (χ4v) is 7.57. The van der Waals surface area contributed by atoms with Gasteiger partial charge in [0.15, 0.2) is 6.10 Å². The SMILES string of the molecule is CCCCC/C=C\C\C=C/C=C/C=C/[C@@H](SC[C@H](N)C(=O)OC[C@H](COP(=O)(O)O)OC(=O)CCCCCCCCCCC/C=C\C/C=C\CCCCC)[C@@H](O)CCCC(=O)O. The highest BCUT2D eigenvalue weighted by molar-refractivity contribution is 8.00. The van der Waals surface area contributed by atoms with Gasteiger partial charge in [0.25, 0.3) is 0 Å². The first kappa shape index (κ1) is 59.2. The Kier molecular flexibility index (Phi) is 40.3. The van der Waals surface area contributed by atoms with Crippen molar-refractivity contribution in [2.45, 2.75) is 191 Å². The minimum Gasteiger partial charge on any atom is -0.481 e. The summed E-state index contributed by atoms with van der Waals surface area (Å²) >= 11 is 1.20. The van der Waals surface area contributed by atoms with Crippen LogP contribution in [0.25, 0.3) is 0 Å². The van der Waals surface area contributed by atoms with Gasteiger partial charge in [0.2, 0.25) is 0 Å². The van der Waals surface area contributed by atoms with Gasteiger partial charge in [-0.2, -0.15) is 0 Å². The summed E-state index contributed by atoms with van der Waals surface area (Å²) in [5.41, 5.74) is 6.11. The zero-order chi connectivity index (χ0) is 45.9. The number of aliphatic hydroxyl groups is 1. The molecule has 0 spiro atoms. The van der Waals surface area contributed by atoms with Crippen molar-refractivity contribution in [3.63, 3.8) is 0 Å². The Morgan fingerprint density at radius 1 is 0.661 bits per heavy atom. The van der Waals surface area contributed by atoms with E-state index in [0.29, 0.717) is 6.42 Å². The largest absolute Gasteiger partial charge is 0.481 e.